The van der Waals surface area contributed by atoms with Crippen LogP contribution in [0.1, 0.15) is 19.3 Å². The molecular weight excluding hydrogens is 350 g/mol. The van der Waals surface area contributed by atoms with Crippen molar-refractivity contribution >= 4 is 22.4 Å². The van der Waals surface area contributed by atoms with Crippen molar-refractivity contribution in [1.29, 1.82) is 0 Å². The van der Waals surface area contributed by atoms with Crippen LogP contribution in [-0.4, -0.2) is 81.3 Å². The van der Waals surface area contributed by atoms with Crippen molar-refractivity contribution in [3.63, 3.8) is 0 Å². The van der Waals surface area contributed by atoms with Gasteiger partial charge in [-0.1, -0.05) is 0 Å². The maximum Gasteiger partial charge on any atom is 0.131 e. The van der Waals surface area contributed by atoms with E-state index in [0.717, 1.165) is 56.4 Å². The molecule has 0 bridgehead atoms. The van der Waals surface area contributed by atoms with Crippen molar-refractivity contribution in [2.75, 3.05) is 70.7 Å². The highest BCUT2D eigenvalue weighted by Gasteiger charge is 2.20. The second-order valence-electron chi connectivity index (χ2n) is 8.28. The van der Waals surface area contributed by atoms with Gasteiger partial charge in [0.05, 0.1) is 12.6 Å². The quantitative estimate of drug-likeness (QED) is 0.876. The summed E-state index contributed by atoms with van der Waals surface area (Å²) >= 11 is 0. The highest BCUT2D eigenvalue weighted by atomic mass is 16.5. The fourth-order valence-electron chi connectivity index (χ4n) is 4.25. The molecule has 1 N–H and O–H groups in total. The summed E-state index contributed by atoms with van der Waals surface area (Å²) in [6.07, 6.45) is 3.53. The summed E-state index contributed by atoms with van der Waals surface area (Å²) < 4.78 is 5.46. The van der Waals surface area contributed by atoms with Crippen LogP contribution in [0, 0.1) is 0 Å². The van der Waals surface area contributed by atoms with E-state index in [2.05, 4.69) is 52.3 Å². The smallest absolute Gasteiger partial charge is 0.131 e. The Kier molecular flexibility index (Phi) is 5.87. The highest BCUT2D eigenvalue weighted by Crippen LogP contribution is 2.31. The Bertz CT molecular complexity index is 803. The number of nitrogens with one attached hydrogen (secondary N) is 1. The summed E-state index contributed by atoms with van der Waals surface area (Å²) in [7, 11) is 6.13. The number of hydrogen-bond acceptors (Lipinski definition) is 6. The number of fused-ring (bicyclic) bond motifs is 1. The predicted octanol–water partition coefficient (Wildman–Crippen LogP) is 2.89. The Balaban J connectivity index is 1.67. The summed E-state index contributed by atoms with van der Waals surface area (Å²) in [5, 5.41) is 5.02. The molecule has 2 saturated heterocycles. The van der Waals surface area contributed by atoms with E-state index in [1.165, 1.54) is 30.3 Å². The number of benzene rings is 1. The Morgan fingerprint density at radius 3 is 2.54 bits per heavy atom. The summed E-state index contributed by atoms with van der Waals surface area (Å²) in [4.78, 5) is 12.3. The molecule has 3 heterocycles. The van der Waals surface area contributed by atoms with Crippen molar-refractivity contribution in [1.82, 2.24) is 14.8 Å². The minimum Gasteiger partial charge on any atom is -0.497 e. The van der Waals surface area contributed by atoms with Gasteiger partial charge >= 0.3 is 0 Å². The van der Waals surface area contributed by atoms with Gasteiger partial charge in [0.25, 0.3) is 0 Å². The molecule has 2 aliphatic rings. The van der Waals surface area contributed by atoms with Gasteiger partial charge in [-0.25, -0.2) is 4.98 Å². The van der Waals surface area contributed by atoms with Crippen LogP contribution in [0.5, 0.6) is 5.75 Å². The third kappa shape index (κ3) is 4.33. The molecule has 2 aromatic rings. The van der Waals surface area contributed by atoms with Crippen LogP contribution in [0.3, 0.4) is 0 Å². The molecule has 0 saturated carbocycles. The first-order valence-electron chi connectivity index (χ1n) is 10.5. The van der Waals surface area contributed by atoms with Crippen LogP contribution in [-0.2, 0) is 0 Å². The van der Waals surface area contributed by atoms with E-state index in [1.54, 1.807) is 7.11 Å². The normalized spacial score (nSPS) is 20.3. The molecule has 0 radical (unpaired) electrons. The van der Waals surface area contributed by atoms with Crippen LogP contribution in [0.25, 0.3) is 10.9 Å². The van der Waals surface area contributed by atoms with Gasteiger partial charge in [-0.15, -0.1) is 0 Å². The molecule has 0 unspecified atom stereocenters. The molecule has 0 spiro atoms. The summed E-state index contributed by atoms with van der Waals surface area (Å²) in [6, 6.07) is 9.01. The lowest BCUT2D eigenvalue weighted by molar-refractivity contribution is 0.264. The van der Waals surface area contributed by atoms with E-state index in [9.17, 15) is 0 Å². The van der Waals surface area contributed by atoms with Gasteiger partial charge < -0.3 is 24.8 Å². The van der Waals surface area contributed by atoms with Crippen LogP contribution in [0.2, 0.25) is 0 Å². The molecular formula is C22H33N5O. The third-order valence-electron chi connectivity index (χ3n) is 6.13. The first-order valence-corrected chi connectivity index (χ1v) is 10.5. The lowest BCUT2D eigenvalue weighted by Gasteiger charge is -2.31. The van der Waals surface area contributed by atoms with Gasteiger partial charge in [0, 0.05) is 48.9 Å². The summed E-state index contributed by atoms with van der Waals surface area (Å²) in [5.74, 6) is 1.93. The number of likely N-dealkylation sites (tertiary alicyclic amines) is 1. The van der Waals surface area contributed by atoms with Gasteiger partial charge in [-0.05, 0) is 65.1 Å². The number of pyridine rings is 1. The molecule has 6 heteroatoms. The number of methoxy groups -OCH3 is 1. The number of anilines is 2. The number of aromatic nitrogens is 1. The third-order valence-corrected chi connectivity index (χ3v) is 6.13. The molecule has 0 aliphatic carbocycles. The minimum atomic E-state index is 0.520. The number of likely N-dealkylation sites (N-methyl/N-ethyl adjacent to an activating group) is 1. The first kappa shape index (κ1) is 19.3. The second kappa shape index (κ2) is 8.53. The molecule has 0 amide bonds. The monoisotopic (exact) mass is 383 g/mol. The molecule has 6 nitrogen and oxygen atoms in total. The zero-order chi connectivity index (χ0) is 19.5. The molecule has 2 aliphatic heterocycles. The first-order chi connectivity index (χ1) is 13.6. The average molecular weight is 384 g/mol. The zero-order valence-corrected chi connectivity index (χ0v) is 17.4. The van der Waals surface area contributed by atoms with Crippen molar-refractivity contribution in [3.8, 4) is 5.75 Å². The lowest BCUT2D eigenvalue weighted by Crippen LogP contribution is -2.36. The van der Waals surface area contributed by atoms with E-state index in [0.29, 0.717) is 6.04 Å². The number of hydrogen-bond donors (Lipinski definition) is 1. The highest BCUT2D eigenvalue weighted by molar-refractivity contribution is 5.94. The Morgan fingerprint density at radius 2 is 1.75 bits per heavy atom. The van der Waals surface area contributed by atoms with Crippen molar-refractivity contribution < 1.29 is 4.74 Å². The van der Waals surface area contributed by atoms with E-state index in [-0.39, 0.29) is 0 Å². The number of rotatable bonds is 4. The fourth-order valence-corrected chi connectivity index (χ4v) is 4.25. The molecule has 0 atom stereocenters. The fraction of sp³-hybridized carbons (Fsp3) is 0.591. The summed E-state index contributed by atoms with van der Waals surface area (Å²) in [5.41, 5.74) is 2.21. The Hall–Kier alpha value is -2.05. The van der Waals surface area contributed by atoms with E-state index >= 15 is 0 Å². The van der Waals surface area contributed by atoms with E-state index < -0.39 is 0 Å². The molecule has 1 aromatic heterocycles. The largest absolute Gasteiger partial charge is 0.497 e. The molecule has 2 fully saturated rings. The zero-order valence-electron chi connectivity index (χ0n) is 17.4. The van der Waals surface area contributed by atoms with Crippen molar-refractivity contribution in [3.05, 3.63) is 24.3 Å². The van der Waals surface area contributed by atoms with Crippen LogP contribution in [0.4, 0.5) is 11.5 Å². The van der Waals surface area contributed by atoms with Crippen molar-refractivity contribution in [2.24, 2.45) is 0 Å². The van der Waals surface area contributed by atoms with Crippen LogP contribution < -0.4 is 15.0 Å². The number of piperidine rings is 1. The van der Waals surface area contributed by atoms with Crippen LogP contribution in [0.15, 0.2) is 24.3 Å². The standard InChI is InChI=1S/C22H33N5O/c1-25-9-4-10-27(14-13-25)22-16-21(23-17-7-11-26(2)12-8-17)19-6-5-18(28-3)15-20(19)24-22/h5-6,15-17H,4,7-14H2,1-3H3,(H,23,24). The van der Waals surface area contributed by atoms with Gasteiger partial charge in [0.2, 0.25) is 0 Å². The van der Waals surface area contributed by atoms with Gasteiger partial charge in [0.1, 0.15) is 11.6 Å². The SMILES string of the molecule is COc1ccc2c(NC3CCN(C)CC3)cc(N3CCCN(C)CC3)nc2c1. The predicted molar refractivity (Wildman–Crippen MR) is 117 cm³/mol. The van der Waals surface area contributed by atoms with Gasteiger partial charge in [-0.3, -0.25) is 0 Å². The second-order valence-corrected chi connectivity index (χ2v) is 8.28. The Labute approximate surface area is 168 Å². The lowest BCUT2D eigenvalue weighted by atomic mass is 10.0. The average Bonchev–Trinajstić information content (AvgIpc) is 2.93. The molecule has 4 rings (SSSR count). The maximum absolute atomic E-state index is 5.46. The van der Waals surface area contributed by atoms with E-state index in [1.807, 2.05) is 6.07 Å². The molecule has 1 aromatic carbocycles. The van der Waals surface area contributed by atoms with Gasteiger partial charge in [-0.2, -0.15) is 0 Å². The van der Waals surface area contributed by atoms with Crippen molar-refractivity contribution in [2.45, 2.75) is 25.3 Å². The number of nitrogens with zero attached hydrogens (tertiary/aromatic N) is 4. The van der Waals surface area contributed by atoms with Gasteiger partial charge in [0.15, 0.2) is 0 Å². The Morgan fingerprint density at radius 1 is 0.964 bits per heavy atom. The molecule has 28 heavy (non-hydrogen) atoms. The topological polar surface area (TPSA) is 43.9 Å². The van der Waals surface area contributed by atoms with Crippen LogP contribution >= 0.6 is 0 Å². The summed E-state index contributed by atoms with van der Waals surface area (Å²) in [6.45, 7) is 6.61. The molecule has 152 valence electrons. The van der Waals surface area contributed by atoms with E-state index in [4.69, 9.17) is 9.72 Å². The minimum absolute atomic E-state index is 0.520. The number of ether oxygens (including phenoxy) is 1. The maximum atomic E-state index is 5.46.